The van der Waals surface area contributed by atoms with Crippen LogP contribution in [0.4, 0.5) is 0 Å². The highest BCUT2D eigenvalue weighted by Crippen LogP contribution is 2.17. The molecule has 0 N–H and O–H groups in total. The quantitative estimate of drug-likeness (QED) is 0.455. The van der Waals surface area contributed by atoms with Crippen LogP contribution in [-0.2, 0) is 0 Å². The van der Waals surface area contributed by atoms with E-state index < -0.39 is 0 Å². The highest BCUT2D eigenvalue weighted by Gasteiger charge is 2.20. The third-order valence-electron chi connectivity index (χ3n) is 3.08. The van der Waals surface area contributed by atoms with Crippen LogP contribution in [-0.4, -0.2) is 28.6 Å². The second-order valence-corrected chi connectivity index (χ2v) is 5.45. The second-order valence-electron chi connectivity index (χ2n) is 5.45. The molecule has 2 rings (SSSR count). The minimum Gasteiger partial charge on any atom is -0.287 e. The molecular formula is C16H20N4O. The first-order chi connectivity index (χ1) is 9.99. The molecule has 1 aliphatic heterocycles. The number of ketones is 1. The zero-order valence-corrected chi connectivity index (χ0v) is 12.8. The average Bonchev–Trinajstić information content (AvgIpc) is 2.40. The number of benzene rings is 1. The van der Waals surface area contributed by atoms with Crippen LogP contribution < -0.4 is 0 Å². The molecule has 21 heavy (non-hydrogen) atoms. The number of carbonyl (C=O) groups is 1. The fourth-order valence-electron chi connectivity index (χ4n) is 2.05. The minimum atomic E-state index is -0.0841. The van der Waals surface area contributed by atoms with Crippen molar-refractivity contribution >= 4 is 11.5 Å². The standard InChI is InChI=1S/C16H20N4O/c1-11(2)20(12(3)4)19-18-15-10-14(17-15)16(21)13-8-6-5-7-9-13/h5-12H,1-4H3. The summed E-state index contributed by atoms with van der Waals surface area (Å²) in [5.41, 5.74) is 1.06. The van der Waals surface area contributed by atoms with E-state index in [2.05, 4.69) is 43.0 Å². The SMILES string of the molecule is CC(C)N(N=NC1=CC(C(=O)c2ccccc2)=N1)C(C)C. The Hall–Kier alpha value is -2.30. The van der Waals surface area contributed by atoms with Gasteiger partial charge in [-0.25, -0.2) is 4.99 Å². The molecule has 5 heteroatoms. The van der Waals surface area contributed by atoms with Crippen LogP contribution in [0.1, 0.15) is 38.1 Å². The maximum atomic E-state index is 12.1. The number of hydrogen-bond acceptors (Lipinski definition) is 4. The Kier molecular flexibility index (Phi) is 4.62. The molecule has 0 saturated heterocycles. The molecule has 0 saturated carbocycles. The number of hydrogen-bond donors (Lipinski definition) is 0. The van der Waals surface area contributed by atoms with E-state index in [1.807, 2.05) is 23.2 Å². The molecule has 0 spiro atoms. The highest BCUT2D eigenvalue weighted by molar-refractivity contribution is 6.51. The van der Waals surface area contributed by atoms with E-state index in [0.29, 0.717) is 17.1 Å². The van der Waals surface area contributed by atoms with E-state index in [4.69, 9.17) is 0 Å². The number of nitrogens with zero attached hydrogens (tertiary/aromatic N) is 4. The second kappa shape index (κ2) is 6.43. The van der Waals surface area contributed by atoms with Crippen molar-refractivity contribution in [2.75, 3.05) is 0 Å². The van der Waals surface area contributed by atoms with E-state index >= 15 is 0 Å². The summed E-state index contributed by atoms with van der Waals surface area (Å²) in [6.45, 7) is 8.23. The third kappa shape index (κ3) is 3.62. The Morgan fingerprint density at radius 3 is 2.19 bits per heavy atom. The number of rotatable bonds is 6. The number of aliphatic imine (C=N–C) groups is 1. The summed E-state index contributed by atoms with van der Waals surface area (Å²) in [5, 5.41) is 10.2. The molecule has 1 heterocycles. The van der Waals surface area contributed by atoms with Crippen molar-refractivity contribution < 1.29 is 4.79 Å². The zero-order valence-electron chi connectivity index (χ0n) is 12.8. The van der Waals surface area contributed by atoms with Crippen LogP contribution in [0.5, 0.6) is 0 Å². The van der Waals surface area contributed by atoms with Crippen LogP contribution in [0, 0.1) is 0 Å². The van der Waals surface area contributed by atoms with Gasteiger partial charge in [0.2, 0.25) is 5.78 Å². The van der Waals surface area contributed by atoms with Gasteiger partial charge < -0.3 is 0 Å². The Balaban J connectivity index is 1.98. The van der Waals surface area contributed by atoms with E-state index in [0.717, 1.165) is 0 Å². The Bertz CT molecular complexity index is 592. The number of carbonyl (C=O) groups excluding carboxylic acids is 1. The molecule has 0 bridgehead atoms. The fourth-order valence-corrected chi connectivity index (χ4v) is 2.05. The van der Waals surface area contributed by atoms with Crippen LogP contribution in [0.2, 0.25) is 0 Å². The summed E-state index contributed by atoms with van der Waals surface area (Å²) in [6.07, 6.45) is 1.66. The molecule has 0 unspecified atom stereocenters. The van der Waals surface area contributed by atoms with Crippen molar-refractivity contribution in [2.45, 2.75) is 39.8 Å². The predicted molar refractivity (Wildman–Crippen MR) is 83.3 cm³/mol. The van der Waals surface area contributed by atoms with Gasteiger partial charge in [-0.05, 0) is 27.7 Å². The van der Waals surface area contributed by atoms with Gasteiger partial charge in [-0.3, -0.25) is 9.80 Å². The van der Waals surface area contributed by atoms with Gasteiger partial charge in [0.05, 0.1) is 0 Å². The lowest BCUT2D eigenvalue weighted by Gasteiger charge is -2.25. The van der Waals surface area contributed by atoms with Gasteiger partial charge in [0.25, 0.3) is 0 Å². The van der Waals surface area contributed by atoms with Gasteiger partial charge >= 0.3 is 0 Å². The summed E-state index contributed by atoms with van der Waals surface area (Å²) in [6, 6.07) is 9.63. The van der Waals surface area contributed by atoms with Crippen molar-refractivity contribution in [3.63, 3.8) is 0 Å². The highest BCUT2D eigenvalue weighted by atomic mass is 16.1. The molecular weight excluding hydrogens is 264 g/mol. The van der Waals surface area contributed by atoms with Gasteiger partial charge in [-0.2, -0.15) is 0 Å². The van der Waals surface area contributed by atoms with Gasteiger partial charge in [-0.15, -0.1) is 5.11 Å². The fraction of sp³-hybridized carbons (Fsp3) is 0.375. The van der Waals surface area contributed by atoms with Crippen molar-refractivity contribution in [3.8, 4) is 0 Å². The van der Waals surface area contributed by atoms with E-state index in [9.17, 15) is 4.79 Å². The van der Waals surface area contributed by atoms with Crippen molar-refractivity contribution in [1.29, 1.82) is 0 Å². The Labute approximate surface area is 125 Å². The molecule has 110 valence electrons. The molecule has 1 aromatic rings. The van der Waals surface area contributed by atoms with Gasteiger partial charge in [-0.1, -0.05) is 35.6 Å². The molecule has 0 atom stereocenters. The first-order valence-corrected chi connectivity index (χ1v) is 7.09. The van der Waals surface area contributed by atoms with Crippen LogP contribution in [0.25, 0.3) is 0 Å². The van der Waals surface area contributed by atoms with E-state index in [1.165, 1.54) is 0 Å². The zero-order chi connectivity index (χ0) is 15.4. The third-order valence-corrected chi connectivity index (χ3v) is 3.08. The normalized spacial score (nSPS) is 14.2. The average molecular weight is 284 g/mol. The minimum absolute atomic E-state index is 0.0841. The van der Waals surface area contributed by atoms with Gasteiger partial charge in [0, 0.05) is 23.7 Å². The van der Waals surface area contributed by atoms with Gasteiger partial charge in [0.1, 0.15) is 5.71 Å². The number of Topliss-reactive ketones (excluding diaryl/α,β-unsaturated/α-hetero) is 1. The lowest BCUT2D eigenvalue weighted by Crippen LogP contribution is -2.31. The lowest BCUT2D eigenvalue weighted by atomic mass is 10.0. The molecule has 0 aliphatic carbocycles. The largest absolute Gasteiger partial charge is 0.287 e. The van der Waals surface area contributed by atoms with Crippen molar-refractivity contribution in [3.05, 3.63) is 47.8 Å². The molecule has 5 nitrogen and oxygen atoms in total. The van der Waals surface area contributed by atoms with Gasteiger partial charge in [0.15, 0.2) is 5.82 Å². The summed E-state index contributed by atoms with van der Waals surface area (Å²) in [5.74, 6) is 0.403. The summed E-state index contributed by atoms with van der Waals surface area (Å²) >= 11 is 0. The number of allylic oxidation sites excluding steroid dienone is 1. The van der Waals surface area contributed by atoms with E-state index in [-0.39, 0.29) is 17.9 Å². The maximum absolute atomic E-state index is 12.1. The molecule has 0 amide bonds. The summed E-state index contributed by atoms with van der Waals surface area (Å²) in [4.78, 5) is 16.2. The molecule has 1 aromatic carbocycles. The summed E-state index contributed by atoms with van der Waals surface area (Å²) < 4.78 is 0. The smallest absolute Gasteiger partial charge is 0.211 e. The Morgan fingerprint density at radius 1 is 1.10 bits per heavy atom. The maximum Gasteiger partial charge on any atom is 0.211 e. The molecule has 0 radical (unpaired) electrons. The molecule has 1 aliphatic rings. The summed E-state index contributed by atoms with van der Waals surface area (Å²) in [7, 11) is 0. The first kappa shape index (κ1) is 15.1. The molecule has 0 aromatic heterocycles. The topological polar surface area (TPSA) is 57.4 Å². The Morgan fingerprint density at radius 2 is 1.67 bits per heavy atom. The van der Waals surface area contributed by atoms with Crippen molar-refractivity contribution in [2.24, 2.45) is 15.3 Å². The predicted octanol–water partition coefficient (Wildman–Crippen LogP) is 3.65. The lowest BCUT2D eigenvalue weighted by molar-refractivity contribution is 0.106. The van der Waals surface area contributed by atoms with Crippen molar-refractivity contribution in [1.82, 2.24) is 5.01 Å². The van der Waals surface area contributed by atoms with E-state index in [1.54, 1.807) is 18.2 Å². The van der Waals surface area contributed by atoms with Crippen LogP contribution in [0.15, 0.2) is 57.6 Å². The van der Waals surface area contributed by atoms with Crippen LogP contribution in [0.3, 0.4) is 0 Å². The molecule has 0 fully saturated rings. The van der Waals surface area contributed by atoms with Crippen LogP contribution >= 0.6 is 0 Å². The first-order valence-electron chi connectivity index (χ1n) is 7.09. The monoisotopic (exact) mass is 284 g/mol.